The molecule has 130 valence electrons. The van der Waals surface area contributed by atoms with E-state index in [2.05, 4.69) is 38.1 Å². The lowest BCUT2D eigenvalue weighted by Gasteiger charge is -2.28. The van der Waals surface area contributed by atoms with Crippen molar-refractivity contribution >= 4 is 29.6 Å². The second kappa shape index (κ2) is 9.96. The predicted octanol–water partition coefficient (Wildman–Crippen LogP) is 6.47. The van der Waals surface area contributed by atoms with E-state index in [0.717, 1.165) is 23.6 Å². The molecule has 1 aliphatic carbocycles. The van der Waals surface area contributed by atoms with Gasteiger partial charge in [-0.1, -0.05) is 38.8 Å². The van der Waals surface area contributed by atoms with Gasteiger partial charge in [-0.25, -0.2) is 0 Å². The van der Waals surface area contributed by atoms with Crippen LogP contribution in [0.4, 0.5) is 0 Å². The Morgan fingerprint density at radius 1 is 1.13 bits per heavy atom. The van der Waals surface area contributed by atoms with Crippen LogP contribution in [-0.4, -0.2) is 14.0 Å². The largest absolute Gasteiger partial charge is 0.493 e. The Kier molecular flexibility index (Phi) is 8.29. The molecule has 1 atom stereocenters. The van der Waals surface area contributed by atoms with Crippen LogP contribution in [0, 0.1) is 11.8 Å². The zero-order valence-corrected chi connectivity index (χ0v) is 17.1. The van der Waals surface area contributed by atoms with Crippen molar-refractivity contribution in [2.75, 3.05) is 6.61 Å². The highest BCUT2D eigenvalue weighted by Crippen LogP contribution is 2.37. The van der Waals surface area contributed by atoms with Crippen molar-refractivity contribution in [3.8, 4) is 5.75 Å². The summed E-state index contributed by atoms with van der Waals surface area (Å²) in [6.07, 6.45) is 8.23. The van der Waals surface area contributed by atoms with Crippen molar-refractivity contribution in [3.05, 3.63) is 29.8 Å². The summed E-state index contributed by atoms with van der Waals surface area (Å²) in [4.78, 5) is 0. The van der Waals surface area contributed by atoms with E-state index < -0.39 is 7.42 Å². The smallest absolute Gasteiger partial charge is 0.237 e. The van der Waals surface area contributed by atoms with E-state index in [-0.39, 0.29) is 0 Å². The Balaban J connectivity index is 1.78. The molecule has 0 bridgehead atoms. The van der Waals surface area contributed by atoms with Crippen molar-refractivity contribution in [1.29, 1.82) is 0 Å². The van der Waals surface area contributed by atoms with Crippen LogP contribution in [-0.2, 0) is 0 Å². The van der Waals surface area contributed by atoms with Crippen LogP contribution in [0.1, 0.15) is 63.9 Å². The number of benzene rings is 1. The van der Waals surface area contributed by atoms with Crippen LogP contribution >= 0.6 is 22.2 Å². The van der Waals surface area contributed by atoms with Crippen LogP contribution in [0.3, 0.4) is 0 Å². The summed E-state index contributed by atoms with van der Waals surface area (Å²) in [5.74, 6) is 3.10. The summed E-state index contributed by atoms with van der Waals surface area (Å²) in [6.45, 7) is 5.15. The Labute approximate surface area is 152 Å². The third-order valence-electron chi connectivity index (χ3n) is 5.01. The molecular formula is C19H30Cl2OSi. The van der Waals surface area contributed by atoms with Gasteiger partial charge in [-0.05, 0) is 67.2 Å². The molecule has 1 aliphatic rings. The number of ether oxygens (including phenoxy) is 1. The van der Waals surface area contributed by atoms with Gasteiger partial charge in [-0.3, -0.25) is 0 Å². The SMILES string of the molecule is CCC[C@H]1CC[C@H](c2ccc(OCC(C)C[SiH](Cl)Cl)cc2)CC1. The molecular weight excluding hydrogens is 343 g/mol. The van der Waals surface area contributed by atoms with Crippen LogP contribution in [0.2, 0.25) is 6.04 Å². The number of hydrogen-bond donors (Lipinski definition) is 0. The fraction of sp³-hybridized carbons (Fsp3) is 0.684. The third kappa shape index (κ3) is 6.68. The van der Waals surface area contributed by atoms with Gasteiger partial charge in [0.05, 0.1) is 6.61 Å². The van der Waals surface area contributed by atoms with E-state index in [9.17, 15) is 0 Å². The van der Waals surface area contributed by atoms with Crippen LogP contribution < -0.4 is 4.74 Å². The third-order valence-corrected chi connectivity index (χ3v) is 7.24. The van der Waals surface area contributed by atoms with Gasteiger partial charge in [0.2, 0.25) is 7.42 Å². The summed E-state index contributed by atoms with van der Waals surface area (Å²) < 4.78 is 5.86. The molecule has 2 rings (SSSR count). The van der Waals surface area contributed by atoms with E-state index >= 15 is 0 Å². The molecule has 1 saturated carbocycles. The Morgan fingerprint density at radius 2 is 1.78 bits per heavy atom. The predicted molar refractivity (Wildman–Crippen MR) is 104 cm³/mol. The van der Waals surface area contributed by atoms with Crippen molar-refractivity contribution in [3.63, 3.8) is 0 Å². The number of hydrogen-bond acceptors (Lipinski definition) is 1. The minimum absolute atomic E-state index is 0.426. The first-order valence-corrected chi connectivity index (χ1v) is 13.4. The summed E-state index contributed by atoms with van der Waals surface area (Å²) in [6, 6.07) is 9.66. The topological polar surface area (TPSA) is 9.23 Å². The maximum atomic E-state index is 5.94. The molecule has 4 heteroatoms. The minimum Gasteiger partial charge on any atom is -0.493 e. The molecule has 0 spiro atoms. The highest BCUT2D eigenvalue weighted by Gasteiger charge is 2.21. The fourth-order valence-corrected chi connectivity index (χ4v) is 6.21. The van der Waals surface area contributed by atoms with Crippen molar-refractivity contribution in [1.82, 2.24) is 0 Å². The average Bonchev–Trinajstić information content (AvgIpc) is 2.54. The summed E-state index contributed by atoms with van der Waals surface area (Å²) in [5, 5.41) is 0. The Morgan fingerprint density at radius 3 is 2.35 bits per heavy atom. The summed E-state index contributed by atoms with van der Waals surface area (Å²) in [7, 11) is -1.53. The van der Waals surface area contributed by atoms with Gasteiger partial charge in [0.15, 0.2) is 0 Å². The zero-order chi connectivity index (χ0) is 16.7. The van der Waals surface area contributed by atoms with Gasteiger partial charge in [-0.2, -0.15) is 22.2 Å². The van der Waals surface area contributed by atoms with Gasteiger partial charge in [0.25, 0.3) is 0 Å². The van der Waals surface area contributed by atoms with Gasteiger partial charge in [0.1, 0.15) is 5.75 Å². The molecule has 1 unspecified atom stereocenters. The molecule has 0 saturated heterocycles. The quantitative estimate of drug-likeness (QED) is 0.375. The first-order chi connectivity index (χ1) is 11.1. The molecule has 1 fully saturated rings. The van der Waals surface area contributed by atoms with Gasteiger partial charge in [0, 0.05) is 0 Å². The first-order valence-electron chi connectivity index (χ1n) is 9.09. The van der Waals surface area contributed by atoms with Crippen LogP contribution in [0.5, 0.6) is 5.75 Å². The van der Waals surface area contributed by atoms with Gasteiger partial charge in [-0.15, -0.1) is 0 Å². The maximum absolute atomic E-state index is 5.94. The molecule has 0 heterocycles. The second-order valence-corrected chi connectivity index (χ2v) is 12.2. The lowest BCUT2D eigenvalue weighted by atomic mass is 9.77. The van der Waals surface area contributed by atoms with E-state index in [1.54, 1.807) is 0 Å². The summed E-state index contributed by atoms with van der Waals surface area (Å²) in [5.41, 5.74) is 1.48. The summed E-state index contributed by atoms with van der Waals surface area (Å²) >= 11 is 11.9. The highest BCUT2D eigenvalue weighted by molar-refractivity contribution is 7.33. The second-order valence-electron chi connectivity index (χ2n) is 7.12. The van der Waals surface area contributed by atoms with E-state index in [1.165, 1.54) is 44.1 Å². The van der Waals surface area contributed by atoms with Crippen molar-refractivity contribution in [2.24, 2.45) is 11.8 Å². The van der Waals surface area contributed by atoms with Crippen molar-refractivity contribution in [2.45, 2.75) is 64.3 Å². The molecule has 23 heavy (non-hydrogen) atoms. The number of rotatable bonds is 8. The minimum atomic E-state index is -1.53. The normalized spacial score (nSPS) is 23.0. The standard InChI is InChI=1S/C19H30Cl2OSi/c1-3-4-16-5-7-17(8-6-16)18-9-11-19(12-10-18)22-13-15(2)14-23(20)21/h9-12,15-17,23H,3-8,13-14H2,1-2H3/t15?,16-,17-. The molecule has 0 aromatic heterocycles. The van der Waals surface area contributed by atoms with Crippen LogP contribution in [0.25, 0.3) is 0 Å². The molecule has 0 aliphatic heterocycles. The molecule has 0 N–H and O–H groups in total. The van der Waals surface area contributed by atoms with E-state index in [4.69, 9.17) is 26.9 Å². The maximum Gasteiger partial charge on any atom is 0.237 e. The molecule has 1 aromatic rings. The van der Waals surface area contributed by atoms with Gasteiger partial charge >= 0.3 is 0 Å². The highest BCUT2D eigenvalue weighted by atomic mass is 35.7. The molecule has 0 radical (unpaired) electrons. The zero-order valence-electron chi connectivity index (χ0n) is 14.4. The number of halogens is 2. The fourth-order valence-electron chi connectivity index (χ4n) is 3.64. The van der Waals surface area contributed by atoms with Crippen molar-refractivity contribution < 1.29 is 4.74 Å². The Bertz CT molecular complexity index is 441. The average molecular weight is 373 g/mol. The van der Waals surface area contributed by atoms with E-state index in [0.29, 0.717) is 12.5 Å². The molecule has 1 aromatic carbocycles. The van der Waals surface area contributed by atoms with Gasteiger partial charge < -0.3 is 4.74 Å². The van der Waals surface area contributed by atoms with Crippen LogP contribution in [0.15, 0.2) is 24.3 Å². The monoisotopic (exact) mass is 372 g/mol. The molecule has 1 nitrogen and oxygen atoms in total. The van der Waals surface area contributed by atoms with E-state index in [1.807, 2.05) is 0 Å². The first kappa shape index (κ1) is 19.1. The molecule has 0 amide bonds. The Hall–Kier alpha value is -0.183. The lowest BCUT2D eigenvalue weighted by Crippen LogP contribution is -2.13. The lowest BCUT2D eigenvalue weighted by molar-refractivity contribution is 0.270.